The zero-order valence-corrected chi connectivity index (χ0v) is 13.3. The lowest BCUT2D eigenvalue weighted by Gasteiger charge is -2.41. The van der Waals surface area contributed by atoms with Crippen molar-refractivity contribution in [2.75, 3.05) is 19.6 Å². The minimum absolute atomic E-state index is 0.169. The van der Waals surface area contributed by atoms with Crippen LogP contribution in [0.15, 0.2) is 6.07 Å². The Labute approximate surface area is 119 Å². The van der Waals surface area contributed by atoms with Crippen molar-refractivity contribution in [3.05, 3.63) is 21.4 Å². The molecule has 19 heavy (non-hydrogen) atoms. The van der Waals surface area contributed by atoms with Gasteiger partial charge in [0.2, 0.25) is 0 Å². The number of Topliss-reactive ketones (excluding diaryl/α,β-unsaturated/α-hetero) is 1. The van der Waals surface area contributed by atoms with E-state index >= 15 is 0 Å². The van der Waals surface area contributed by atoms with E-state index in [0.717, 1.165) is 23.5 Å². The van der Waals surface area contributed by atoms with Gasteiger partial charge in [0.15, 0.2) is 5.78 Å². The second-order valence-corrected chi connectivity index (χ2v) is 7.57. The summed E-state index contributed by atoms with van der Waals surface area (Å²) in [5.41, 5.74) is 0.719. The standard InChI is InChI=1S/C15H23NO2S/c1-10-7-16(9-15(4,5)18-10)8-14(17)13-6-11(2)19-12(13)3/h6,10H,7-9H2,1-5H3. The number of ether oxygens (including phenoxy) is 1. The maximum atomic E-state index is 12.4. The number of ketones is 1. The molecule has 0 aliphatic carbocycles. The van der Waals surface area contributed by atoms with Gasteiger partial charge in [-0.05, 0) is 40.7 Å². The van der Waals surface area contributed by atoms with Crippen LogP contribution in [-0.4, -0.2) is 42.0 Å². The van der Waals surface area contributed by atoms with Crippen LogP contribution in [0.3, 0.4) is 0 Å². The van der Waals surface area contributed by atoms with Crippen LogP contribution in [0.2, 0.25) is 0 Å². The highest BCUT2D eigenvalue weighted by atomic mass is 32.1. The minimum Gasteiger partial charge on any atom is -0.370 e. The van der Waals surface area contributed by atoms with Crippen molar-refractivity contribution in [1.29, 1.82) is 0 Å². The number of nitrogens with zero attached hydrogens (tertiary/aromatic N) is 1. The van der Waals surface area contributed by atoms with Gasteiger partial charge in [-0.2, -0.15) is 0 Å². The number of hydrogen-bond donors (Lipinski definition) is 0. The first-order valence-electron chi connectivity index (χ1n) is 6.77. The number of hydrogen-bond acceptors (Lipinski definition) is 4. The molecule has 0 radical (unpaired) electrons. The molecule has 106 valence electrons. The highest BCUT2D eigenvalue weighted by Gasteiger charge is 2.32. The van der Waals surface area contributed by atoms with Crippen molar-refractivity contribution >= 4 is 17.1 Å². The number of morpholine rings is 1. The summed E-state index contributed by atoms with van der Waals surface area (Å²) in [7, 11) is 0. The van der Waals surface area contributed by atoms with Gasteiger partial charge in [-0.1, -0.05) is 0 Å². The molecule has 0 spiro atoms. The van der Waals surface area contributed by atoms with Gasteiger partial charge in [0.05, 0.1) is 18.2 Å². The fourth-order valence-electron chi connectivity index (χ4n) is 2.90. The van der Waals surface area contributed by atoms with E-state index in [1.807, 2.05) is 19.9 Å². The number of aryl methyl sites for hydroxylation is 2. The van der Waals surface area contributed by atoms with Crippen LogP contribution in [0.1, 0.15) is 40.9 Å². The zero-order chi connectivity index (χ0) is 14.2. The van der Waals surface area contributed by atoms with E-state index in [1.54, 1.807) is 11.3 Å². The lowest BCUT2D eigenvalue weighted by molar-refractivity contribution is -0.126. The Kier molecular flexibility index (Phi) is 4.14. The van der Waals surface area contributed by atoms with Crippen molar-refractivity contribution in [2.24, 2.45) is 0 Å². The van der Waals surface area contributed by atoms with Crippen LogP contribution in [-0.2, 0) is 4.74 Å². The first kappa shape index (κ1) is 14.7. The van der Waals surface area contributed by atoms with Gasteiger partial charge < -0.3 is 4.74 Å². The molecule has 3 nitrogen and oxygen atoms in total. The maximum Gasteiger partial charge on any atom is 0.177 e. The monoisotopic (exact) mass is 281 g/mol. The summed E-state index contributed by atoms with van der Waals surface area (Å²) in [6, 6.07) is 2.01. The quantitative estimate of drug-likeness (QED) is 0.798. The Balaban J connectivity index is 2.05. The van der Waals surface area contributed by atoms with Crippen molar-refractivity contribution < 1.29 is 9.53 Å². The van der Waals surface area contributed by atoms with E-state index in [1.165, 1.54) is 4.88 Å². The second-order valence-electron chi connectivity index (χ2n) is 6.11. The van der Waals surface area contributed by atoms with Crippen LogP contribution in [0, 0.1) is 13.8 Å². The Hall–Kier alpha value is -0.710. The highest BCUT2D eigenvalue weighted by molar-refractivity contribution is 7.12. The summed E-state index contributed by atoms with van der Waals surface area (Å²) in [6.45, 7) is 12.4. The van der Waals surface area contributed by atoms with E-state index in [9.17, 15) is 4.79 Å². The molecule has 0 N–H and O–H groups in total. The van der Waals surface area contributed by atoms with E-state index < -0.39 is 0 Å². The van der Waals surface area contributed by atoms with Gasteiger partial charge in [0.25, 0.3) is 0 Å². The molecule has 0 amide bonds. The van der Waals surface area contributed by atoms with E-state index in [2.05, 4.69) is 25.7 Å². The first-order chi connectivity index (χ1) is 8.77. The predicted octanol–water partition coefficient (Wildman–Crippen LogP) is 3.05. The van der Waals surface area contributed by atoms with Gasteiger partial charge in [-0.25, -0.2) is 0 Å². The molecule has 2 rings (SSSR count). The van der Waals surface area contributed by atoms with Crippen LogP contribution < -0.4 is 0 Å². The molecule has 1 aliphatic heterocycles. The third kappa shape index (κ3) is 3.65. The summed E-state index contributed by atoms with van der Waals surface area (Å²) in [5, 5.41) is 0. The summed E-state index contributed by atoms with van der Waals surface area (Å²) < 4.78 is 5.87. The maximum absolute atomic E-state index is 12.4. The zero-order valence-electron chi connectivity index (χ0n) is 12.4. The molecular weight excluding hydrogens is 258 g/mol. The fourth-order valence-corrected chi connectivity index (χ4v) is 3.84. The molecule has 0 saturated carbocycles. The SMILES string of the molecule is Cc1cc(C(=O)CN2CC(C)OC(C)(C)C2)c(C)s1. The molecule has 1 aliphatic rings. The summed E-state index contributed by atoms with van der Waals surface area (Å²) in [5.74, 6) is 0.228. The van der Waals surface area contributed by atoms with Crippen molar-refractivity contribution in [3.63, 3.8) is 0 Å². The highest BCUT2D eigenvalue weighted by Crippen LogP contribution is 2.24. The van der Waals surface area contributed by atoms with Crippen molar-refractivity contribution in [1.82, 2.24) is 4.90 Å². The van der Waals surface area contributed by atoms with Crippen LogP contribution in [0.4, 0.5) is 0 Å². The minimum atomic E-state index is -0.169. The van der Waals surface area contributed by atoms with E-state index in [4.69, 9.17) is 4.74 Å². The largest absolute Gasteiger partial charge is 0.370 e. The Morgan fingerprint density at radius 3 is 2.74 bits per heavy atom. The van der Waals surface area contributed by atoms with Gasteiger partial charge in [-0.3, -0.25) is 9.69 Å². The van der Waals surface area contributed by atoms with E-state index in [0.29, 0.717) is 6.54 Å². The average molecular weight is 281 g/mol. The number of carbonyl (C=O) groups excluding carboxylic acids is 1. The van der Waals surface area contributed by atoms with Crippen molar-refractivity contribution in [2.45, 2.75) is 46.3 Å². The van der Waals surface area contributed by atoms with Gasteiger partial charge in [-0.15, -0.1) is 11.3 Å². The van der Waals surface area contributed by atoms with Gasteiger partial charge >= 0.3 is 0 Å². The smallest absolute Gasteiger partial charge is 0.177 e. The van der Waals surface area contributed by atoms with Crippen molar-refractivity contribution in [3.8, 4) is 0 Å². The third-order valence-corrected chi connectivity index (χ3v) is 4.31. The molecule has 0 bridgehead atoms. The second kappa shape index (κ2) is 5.35. The Bertz CT molecular complexity index is 478. The van der Waals surface area contributed by atoms with Crippen LogP contribution >= 0.6 is 11.3 Å². The molecule has 1 aromatic rings. The van der Waals surface area contributed by atoms with Gasteiger partial charge in [0.1, 0.15) is 0 Å². The summed E-state index contributed by atoms with van der Waals surface area (Å²) in [4.78, 5) is 16.9. The molecule has 1 unspecified atom stereocenters. The molecule has 1 saturated heterocycles. The fraction of sp³-hybridized carbons (Fsp3) is 0.667. The molecule has 2 heterocycles. The summed E-state index contributed by atoms with van der Waals surface area (Å²) >= 11 is 1.70. The molecule has 0 aromatic carbocycles. The van der Waals surface area contributed by atoms with Gasteiger partial charge in [0, 0.05) is 28.4 Å². The Morgan fingerprint density at radius 2 is 2.21 bits per heavy atom. The number of rotatable bonds is 3. The van der Waals surface area contributed by atoms with Crippen LogP contribution in [0.25, 0.3) is 0 Å². The molecule has 1 aromatic heterocycles. The molecule has 1 atom stereocenters. The lowest BCUT2D eigenvalue weighted by atomic mass is 10.0. The molecular formula is C15H23NO2S. The lowest BCUT2D eigenvalue weighted by Crippen LogP contribution is -2.53. The Morgan fingerprint density at radius 1 is 1.53 bits per heavy atom. The average Bonchev–Trinajstić information content (AvgIpc) is 2.54. The predicted molar refractivity (Wildman–Crippen MR) is 79.2 cm³/mol. The third-order valence-electron chi connectivity index (χ3n) is 3.35. The topological polar surface area (TPSA) is 29.5 Å². The molecule has 1 fully saturated rings. The number of carbonyl (C=O) groups is 1. The summed E-state index contributed by atoms with van der Waals surface area (Å²) in [6.07, 6.45) is 0.182. The van der Waals surface area contributed by atoms with E-state index in [-0.39, 0.29) is 17.5 Å². The number of thiophene rings is 1. The normalized spacial score (nSPS) is 23.5. The first-order valence-corrected chi connectivity index (χ1v) is 7.59. The molecule has 4 heteroatoms. The van der Waals surface area contributed by atoms with Crippen LogP contribution in [0.5, 0.6) is 0 Å².